The number of hydrogen-bond donors (Lipinski definition) is 1. The SMILES string of the molecule is O=C(NC1CC2(CCC2)C1)c1ccc(F)c2ccn(Cc3ccc(OC(F)(F)F)cc3)c12. The molecular formula is C24H22F4N2O2. The maximum atomic E-state index is 14.4. The lowest BCUT2D eigenvalue weighted by molar-refractivity contribution is -0.274. The molecular weight excluding hydrogens is 424 g/mol. The number of carbonyl (C=O) groups excluding carboxylic acids is 1. The number of fused-ring (bicyclic) bond motifs is 1. The van der Waals surface area contributed by atoms with Gasteiger partial charge in [-0.05, 0) is 67.0 Å². The van der Waals surface area contributed by atoms with Crippen molar-refractivity contribution in [3.63, 3.8) is 0 Å². The third-order valence-electron chi connectivity index (χ3n) is 6.73. The van der Waals surface area contributed by atoms with Crippen molar-refractivity contribution < 1.29 is 27.1 Å². The lowest BCUT2D eigenvalue weighted by Crippen LogP contribution is -2.53. The number of amides is 1. The van der Waals surface area contributed by atoms with Crippen molar-refractivity contribution >= 4 is 16.8 Å². The van der Waals surface area contributed by atoms with Crippen LogP contribution >= 0.6 is 0 Å². The van der Waals surface area contributed by atoms with Gasteiger partial charge in [-0.1, -0.05) is 18.6 Å². The van der Waals surface area contributed by atoms with Crippen LogP contribution in [0.2, 0.25) is 0 Å². The van der Waals surface area contributed by atoms with E-state index < -0.39 is 12.2 Å². The molecule has 2 aliphatic carbocycles. The summed E-state index contributed by atoms with van der Waals surface area (Å²) in [5.41, 5.74) is 1.98. The summed E-state index contributed by atoms with van der Waals surface area (Å²) < 4.78 is 57.2. The number of benzene rings is 2. The summed E-state index contributed by atoms with van der Waals surface area (Å²) >= 11 is 0. The van der Waals surface area contributed by atoms with Crippen LogP contribution in [0.5, 0.6) is 5.75 Å². The van der Waals surface area contributed by atoms with Crippen molar-refractivity contribution in [2.75, 3.05) is 0 Å². The van der Waals surface area contributed by atoms with Crippen LogP contribution in [0.1, 0.15) is 48.0 Å². The summed E-state index contributed by atoms with van der Waals surface area (Å²) in [6.07, 6.45) is 2.64. The summed E-state index contributed by atoms with van der Waals surface area (Å²) in [4.78, 5) is 13.0. The lowest BCUT2D eigenvalue weighted by Gasteiger charge is -2.54. The van der Waals surface area contributed by atoms with E-state index in [0.29, 0.717) is 27.4 Å². The van der Waals surface area contributed by atoms with E-state index in [1.807, 2.05) is 0 Å². The van der Waals surface area contributed by atoms with Crippen LogP contribution in [0.4, 0.5) is 17.6 Å². The summed E-state index contributed by atoms with van der Waals surface area (Å²) in [5, 5.41) is 3.41. The molecule has 1 amide bonds. The van der Waals surface area contributed by atoms with Gasteiger partial charge in [0.05, 0.1) is 11.1 Å². The molecule has 1 aromatic heterocycles. The number of aromatic nitrogens is 1. The van der Waals surface area contributed by atoms with Gasteiger partial charge in [-0.3, -0.25) is 4.79 Å². The molecule has 168 valence electrons. The van der Waals surface area contributed by atoms with Gasteiger partial charge in [0.25, 0.3) is 5.91 Å². The minimum absolute atomic E-state index is 0.146. The molecule has 2 saturated carbocycles. The quantitative estimate of drug-likeness (QED) is 0.504. The zero-order chi connectivity index (χ0) is 22.5. The first-order valence-corrected chi connectivity index (χ1v) is 10.6. The van der Waals surface area contributed by atoms with Crippen molar-refractivity contribution in [3.05, 3.63) is 65.6 Å². The van der Waals surface area contributed by atoms with Crippen LogP contribution < -0.4 is 10.1 Å². The maximum Gasteiger partial charge on any atom is 0.573 e. The Balaban J connectivity index is 1.37. The number of rotatable bonds is 5. The van der Waals surface area contributed by atoms with Crippen molar-refractivity contribution in [3.8, 4) is 5.75 Å². The van der Waals surface area contributed by atoms with Crippen LogP contribution in [0, 0.1) is 11.2 Å². The third-order valence-corrected chi connectivity index (χ3v) is 6.73. The van der Waals surface area contributed by atoms with E-state index in [-0.39, 0.29) is 24.2 Å². The number of carbonyl (C=O) groups is 1. The number of ether oxygens (including phenoxy) is 1. The smallest absolute Gasteiger partial charge is 0.406 e. The van der Waals surface area contributed by atoms with Gasteiger partial charge in [0.15, 0.2) is 0 Å². The van der Waals surface area contributed by atoms with E-state index in [9.17, 15) is 22.4 Å². The molecule has 2 aromatic carbocycles. The number of nitrogens with zero attached hydrogens (tertiary/aromatic N) is 1. The molecule has 0 radical (unpaired) electrons. The zero-order valence-corrected chi connectivity index (χ0v) is 17.2. The second-order valence-corrected chi connectivity index (χ2v) is 8.92. The van der Waals surface area contributed by atoms with Crippen LogP contribution in [-0.2, 0) is 6.54 Å². The minimum atomic E-state index is -4.75. The number of alkyl halides is 3. The fourth-order valence-corrected chi connectivity index (χ4v) is 5.03. The Morgan fingerprint density at radius 3 is 2.44 bits per heavy atom. The summed E-state index contributed by atoms with van der Waals surface area (Å²) in [7, 11) is 0. The molecule has 0 saturated heterocycles. The maximum absolute atomic E-state index is 14.4. The van der Waals surface area contributed by atoms with Gasteiger partial charge in [0.2, 0.25) is 0 Å². The van der Waals surface area contributed by atoms with Gasteiger partial charge >= 0.3 is 6.36 Å². The standard InChI is InChI=1S/C24H22F4N2O2/c25-20-7-6-19(22(31)29-16-12-23(13-16)9-1-10-23)21-18(20)8-11-30(21)14-15-2-4-17(5-3-15)32-24(26,27)28/h2-8,11,16H,1,9-10,12-14H2,(H,29,31). The highest BCUT2D eigenvalue weighted by molar-refractivity contribution is 6.06. The Kier molecular flexibility index (Phi) is 4.91. The Bertz CT molecular complexity index is 1160. The highest BCUT2D eigenvalue weighted by Crippen LogP contribution is 2.55. The van der Waals surface area contributed by atoms with Gasteiger partial charge in [-0.15, -0.1) is 13.2 Å². The van der Waals surface area contributed by atoms with E-state index in [2.05, 4.69) is 10.1 Å². The number of nitrogens with one attached hydrogen (secondary N) is 1. The van der Waals surface area contributed by atoms with E-state index in [0.717, 1.165) is 12.8 Å². The summed E-state index contributed by atoms with van der Waals surface area (Å²) in [5.74, 6) is -0.973. The van der Waals surface area contributed by atoms with Crippen LogP contribution in [-0.4, -0.2) is 22.9 Å². The molecule has 3 aromatic rings. The van der Waals surface area contributed by atoms with Crippen LogP contribution in [0.3, 0.4) is 0 Å². The highest BCUT2D eigenvalue weighted by atomic mass is 19.4. The molecule has 1 heterocycles. The molecule has 4 nitrogen and oxygen atoms in total. The van der Waals surface area contributed by atoms with E-state index in [1.165, 1.54) is 55.7 Å². The Labute approximate surface area is 182 Å². The zero-order valence-electron chi connectivity index (χ0n) is 17.2. The lowest BCUT2D eigenvalue weighted by atomic mass is 9.54. The Morgan fingerprint density at radius 2 is 1.81 bits per heavy atom. The van der Waals surface area contributed by atoms with Crippen LogP contribution in [0.25, 0.3) is 10.9 Å². The molecule has 2 aliphatic rings. The molecule has 1 N–H and O–H groups in total. The predicted molar refractivity (Wildman–Crippen MR) is 111 cm³/mol. The van der Waals surface area contributed by atoms with E-state index in [1.54, 1.807) is 16.8 Å². The molecule has 8 heteroatoms. The molecule has 2 fully saturated rings. The van der Waals surface area contributed by atoms with Crippen molar-refractivity contribution in [2.24, 2.45) is 5.41 Å². The molecule has 1 spiro atoms. The number of hydrogen-bond acceptors (Lipinski definition) is 2. The first-order chi connectivity index (χ1) is 15.2. The van der Waals surface area contributed by atoms with Gasteiger partial charge < -0.3 is 14.6 Å². The topological polar surface area (TPSA) is 43.3 Å². The second-order valence-electron chi connectivity index (χ2n) is 8.92. The average Bonchev–Trinajstić information content (AvgIpc) is 3.08. The first-order valence-electron chi connectivity index (χ1n) is 10.6. The van der Waals surface area contributed by atoms with E-state index in [4.69, 9.17) is 0 Å². The summed E-state index contributed by atoms with van der Waals surface area (Å²) in [6, 6.07) is 10.0. The van der Waals surface area contributed by atoms with Crippen molar-refractivity contribution in [1.29, 1.82) is 0 Å². The monoisotopic (exact) mass is 446 g/mol. The molecule has 0 bridgehead atoms. The number of halogens is 4. The third kappa shape index (κ3) is 3.94. The molecule has 32 heavy (non-hydrogen) atoms. The van der Waals surface area contributed by atoms with Gasteiger partial charge in [-0.25, -0.2) is 4.39 Å². The normalized spacial score (nSPS) is 17.8. The van der Waals surface area contributed by atoms with Crippen molar-refractivity contribution in [2.45, 2.75) is 51.1 Å². The minimum Gasteiger partial charge on any atom is -0.406 e. The second kappa shape index (κ2) is 7.53. The Morgan fingerprint density at radius 1 is 1.09 bits per heavy atom. The van der Waals surface area contributed by atoms with Crippen molar-refractivity contribution in [1.82, 2.24) is 9.88 Å². The molecule has 0 unspecified atom stereocenters. The molecule has 5 rings (SSSR count). The molecule has 0 atom stereocenters. The summed E-state index contributed by atoms with van der Waals surface area (Å²) in [6.45, 7) is 0.270. The van der Waals surface area contributed by atoms with Gasteiger partial charge in [0, 0.05) is 24.2 Å². The highest BCUT2D eigenvalue weighted by Gasteiger charge is 2.48. The van der Waals surface area contributed by atoms with E-state index >= 15 is 0 Å². The fourth-order valence-electron chi connectivity index (χ4n) is 5.03. The van der Waals surface area contributed by atoms with Gasteiger partial charge in [0.1, 0.15) is 11.6 Å². The predicted octanol–water partition coefficient (Wildman–Crippen LogP) is 5.79. The molecule has 0 aliphatic heterocycles. The fraction of sp³-hybridized carbons (Fsp3) is 0.375. The van der Waals surface area contributed by atoms with Crippen LogP contribution in [0.15, 0.2) is 48.7 Å². The average molecular weight is 446 g/mol. The first kappa shape index (κ1) is 20.8. The largest absolute Gasteiger partial charge is 0.573 e. The Hall–Kier alpha value is -3.03. The van der Waals surface area contributed by atoms with Gasteiger partial charge in [-0.2, -0.15) is 0 Å².